The first-order chi connectivity index (χ1) is 3.81. The molecule has 1 rings (SSSR count). The number of hydrogen-bond donors (Lipinski definition) is 0. The molecule has 0 nitrogen and oxygen atoms in total. The highest BCUT2D eigenvalue weighted by atomic mass is 32.2. The van der Waals surface area contributed by atoms with E-state index in [4.69, 9.17) is 12.2 Å². The predicted octanol–water partition coefficient (Wildman–Crippen LogP) is 2.74. The fourth-order valence-electron chi connectivity index (χ4n) is 0.510. The van der Waals surface area contributed by atoms with E-state index in [9.17, 15) is 0 Å². The van der Waals surface area contributed by atoms with Gasteiger partial charge in [-0.15, -0.1) is 23.5 Å². The van der Waals surface area contributed by atoms with Crippen molar-refractivity contribution in [3.63, 3.8) is 0 Å². The van der Waals surface area contributed by atoms with Crippen LogP contribution in [0.3, 0.4) is 0 Å². The summed E-state index contributed by atoms with van der Waals surface area (Å²) in [5.74, 6) is 0. The molecule has 0 saturated heterocycles. The zero-order chi connectivity index (χ0) is 6.15. The molecule has 0 unspecified atom stereocenters. The first kappa shape index (κ1) is 6.65. The van der Waals surface area contributed by atoms with Crippen molar-refractivity contribution in [2.24, 2.45) is 0 Å². The van der Waals surface area contributed by atoms with Gasteiger partial charge in [-0.25, -0.2) is 0 Å². The van der Waals surface area contributed by atoms with Crippen molar-refractivity contribution in [2.75, 3.05) is 12.5 Å². The van der Waals surface area contributed by atoms with Crippen LogP contribution in [0.1, 0.15) is 0 Å². The molecule has 3 heteroatoms. The molecule has 0 aliphatic rings. The Hall–Kier alpha value is 0.530. The van der Waals surface area contributed by atoms with E-state index in [0.29, 0.717) is 0 Å². The smallest absolute Gasteiger partial charge is 0.0672 e. The Morgan fingerprint density at radius 3 is 1.62 bits per heavy atom. The zero-order valence-corrected chi connectivity index (χ0v) is 7.17. The molecule has 0 radical (unpaired) electrons. The van der Waals surface area contributed by atoms with E-state index in [1.54, 1.807) is 23.5 Å². The van der Waals surface area contributed by atoms with Gasteiger partial charge >= 0.3 is 0 Å². The highest BCUT2D eigenvalue weighted by Gasteiger charge is 2.14. The summed E-state index contributed by atoms with van der Waals surface area (Å²) in [5, 5.41) is 0. The third-order valence-corrected chi connectivity index (χ3v) is 3.39. The molecule has 1 aromatic rings. The second kappa shape index (κ2) is 2.42. The third kappa shape index (κ3) is 0.946. The molecule has 0 aromatic heterocycles. The van der Waals surface area contributed by atoms with E-state index in [1.165, 1.54) is 9.79 Å². The highest BCUT2D eigenvalue weighted by molar-refractivity contribution is 8.02. The molecule has 0 aliphatic heterocycles. The molecule has 0 N–H and O–H groups in total. The summed E-state index contributed by atoms with van der Waals surface area (Å²) in [4.78, 5) is 2.65. The minimum atomic E-state index is 1.09. The Labute approximate surface area is 62.7 Å². The van der Waals surface area contributed by atoms with Gasteiger partial charge in [0.15, 0.2) is 0 Å². The van der Waals surface area contributed by atoms with Crippen molar-refractivity contribution in [1.29, 1.82) is 0 Å². The molecule has 0 spiro atoms. The summed E-state index contributed by atoms with van der Waals surface area (Å²) in [6, 6.07) is 0. The van der Waals surface area contributed by atoms with E-state index < -0.39 is 0 Å². The number of hydrogen-bond acceptors (Lipinski definition) is 3. The van der Waals surface area contributed by atoms with Gasteiger partial charge in [-0.2, -0.15) is 0 Å². The van der Waals surface area contributed by atoms with E-state index in [-0.39, 0.29) is 0 Å². The van der Waals surface area contributed by atoms with E-state index in [2.05, 4.69) is 12.5 Å². The normalized spacial score (nSPS) is 10.8. The van der Waals surface area contributed by atoms with Crippen molar-refractivity contribution in [2.45, 2.75) is 9.79 Å². The van der Waals surface area contributed by atoms with Gasteiger partial charge in [-0.1, -0.05) is 12.2 Å². The van der Waals surface area contributed by atoms with Crippen LogP contribution in [-0.4, -0.2) is 12.5 Å². The van der Waals surface area contributed by atoms with Crippen molar-refractivity contribution < 1.29 is 0 Å². The van der Waals surface area contributed by atoms with Gasteiger partial charge in [0.25, 0.3) is 0 Å². The summed E-state index contributed by atoms with van der Waals surface area (Å²) >= 11 is 8.47. The average molecular weight is 162 g/mol. The van der Waals surface area contributed by atoms with Crippen LogP contribution in [-0.2, 0) is 0 Å². The Balaban J connectivity index is 2.70. The maximum absolute atomic E-state index is 4.97. The van der Waals surface area contributed by atoms with Crippen molar-refractivity contribution in [3.05, 3.63) is 4.51 Å². The number of thioether (sulfide) groups is 2. The molecule has 0 atom stereocenters. The van der Waals surface area contributed by atoms with Crippen LogP contribution >= 0.6 is 35.7 Å². The SMILES string of the molecule is CSc1c(SC)c1=S. The first-order valence-corrected chi connectivity index (χ1v) is 5.04. The van der Waals surface area contributed by atoms with Crippen molar-refractivity contribution in [3.8, 4) is 0 Å². The van der Waals surface area contributed by atoms with E-state index in [0.717, 1.165) is 4.51 Å². The lowest BCUT2D eigenvalue weighted by Crippen LogP contribution is -1.42. The van der Waals surface area contributed by atoms with Gasteiger partial charge in [-0.05, 0) is 12.5 Å². The molecule has 0 saturated carbocycles. The molecular formula is C5H6S3. The van der Waals surface area contributed by atoms with Crippen LogP contribution in [0.15, 0.2) is 9.79 Å². The number of rotatable bonds is 2. The Bertz CT molecular complexity index is 176. The van der Waals surface area contributed by atoms with Crippen LogP contribution in [0.4, 0.5) is 0 Å². The lowest BCUT2D eigenvalue weighted by atomic mass is 11.1. The lowest BCUT2D eigenvalue weighted by Gasteiger charge is -1.74. The van der Waals surface area contributed by atoms with Crippen molar-refractivity contribution >= 4 is 35.7 Å². The Kier molecular flexibility index (Phi) is 2.01. The average Bonchev–Trinajstić information content (AvgIpc) is 2.40. The van der Waals surface area contributed by atoms with Gasteiger partial charge < -0.3 is 0 Å². The van der Waals surface area contributed by atoms with Crippen LogP contribution < -0.4 is 0 Å². The van der Waals surface area contributed by atoms with Crippen LogP contribution in [0.5, 0.6) is 0 Å². The molecule has 0 bridgehead atoms. The first-order valence-electron chi connectivity index (χ1n) is 2.18. The molecule has 44 valence electrons. The fourth-order valence-corrected chi connectivity index (χ4v) is 2.90. The summed E-state index contributed by atoms with van der Waals surface area (Å²) in [5.41, 5.74) is 0. The molecule has 0 aliphatic carbocycles. The quantitative estimate of drug-likeness (QED) is 0.485. The molecule has 8 heavy (non-hydrogen) atoms. The lowest BCUT2D eigenvalue weighted by molar-refractivity contribution is 1.66. The molecule has 1 aromatic carbocycles. The standard InChI is InChI=1S/C5H6S3/c1-7-4-3(6)5(4)8-2/h1-2H3. The summed E-state index contributed by atoms with van der Waals surface area (Å²) in [7, 11) is 0. The van der Waals surface area contributed by atoms with Gasteiger partial charge in [0.2, 0.25) is 0 Å². The molecular weight excluding hydrogens is 156 g/mol. The third-order valence-electron chi connectivity index (χ3n) is 0.964. The van der Waals surface area contributed by atoms with Crippen LogP contribution in [0, 0.1) is 4.51 Å². The molecule has 0 amide bonds. The summed E-state index contributed by atoms with van der Waals surface area (Å²) in [6.45, 7) is 0. The summed E-state index contributed by atoms with van der Waals surface area (Å²) < 4.78 is 1.09. The molecule has 0 heterocycles. The zero-order valence-electron chi connectivity index (χ0n) is 4.72. The second-order valence-electron chi connectivity index (χ2n) is 1.40. The topological polar surface area (TPSA) is 0 Å². The molecule has 0 fully saturated rings. The second-order valence-corrected chi connectivity index (χ2v) is 3.44. The largest absolute Gasteiger partial charge is 0.127 e. The minimum absolute atomic E-state index is 1.09. The van der Waals surface area contributed by atoms with E-state index in [1.807, 2.05) is 0 Å². The Morgan fingerprint density at radius 1 is 1.12 bits per heavy atom. The van der Waals surface area contributed by atoms with Crippen LogP contribution in [0.25, 0.3) is 0 Å². The summed E-state index contributed by atoms with van der Waals surface area (Å²) in [6.07, 6.45) is 4.12. The fraction of sp³-hybridized carbons (Fsp3) is 0.400. The highest BCUT2D eigenvalue weighted by Crippen LogP contribution is 2.40. The monoisotopic (exact) mass is 162 g/mol. The van der Waals surface area contributed by atoms with Gasteiger partial charge in [0, 0.05) is 9.79 Å². The van der Waals surface area contributed by atoms with E-state index >= 15 is 0 Å². The van der Waals surface area contributed by atoms with Gasteiger partial charge in [0.05, 0.1) is 4.51 Å². The minimum Gasteiger partial charge on any atom is -0.127 e. The maximum atomic E-state index is 4.97. The van der Waals surface area contributed by atoms with Gasteiger partial charge in [0.1, 0.15) is 0 Å². The Morgan fingerprint density at radius 2 is 1.50 bits per heavy atom. The maximum Gasteiger partial charge on any atom is 0.0672 e. The van der Waals surface area contributed by atoms with Gasteiger partial charge in [-0.3, -0.25) is 0 Å². The van der Waals surface area contributed by atoms with Crippen molar-refractivity contribution in [1.82, 2.24) is 0 Å². The van der Waals surface area contributed by atoms with Crippen LogP contribution in [0.2, 0.25) is 0 Å². The predicted molar refractivity (Wildman–Crippen MR) is 43.2 cm³/mol.